The van der Waals surface area contributed by atoms with E-state index in [2.05, 4.69) is 74.6 Å². The molecule has 2 unspecified atom stereocenters. The van der Waals surface area contributed by atoms with Crippen LogP contribution in [-0.2, 0) is 27.9 Å². The van der Waals surface area contributed by atoms with Crippen LogP contribution in [0.1, 0.15) is 181 Å². The van der Waals surface area contributed by atoms with Gasteiger partial charge in [-0.15, -0.1) is 0 Å². The van der Waals surface area contributed by atoms with E-state index in [1.54, 1.807) is 0 Å². The number of phosphoric acid groups is 1. The van der Waals surface area contributed by atoms with Gasteiger partial charge in [0.15, 0.2) is 0 Å². The number of hydrogen-bond acceptors (Lipinski definition) is 7. The van der Waals surface area contributed by atoms with Gasteiger partial charge in [0.2, 0.25) is 0 Å². The summed E-state index contributed by atoms with van der Waals surface area (Å²) in [5.74, 6) is -0.354. The Morgan fingerprint density at radius 3 is 1.44 bits per heavy atom. The maximum atomic E-state index is 12.6. The second-order valence-electron chi connectivity index (χ2n) is 14.2. The van der Waals surface area contributed by atoms with Gasteiger partial charge in [-0.3, -0.25) is 13.8 Å². The van der Waals surface area contributed by atoms with Gasteiger partial charge in [0.25, 0.3) is 0 Å². The number of phosphoric ester groups is 1. The first-order valence-electron chi connectivity index (χ1n) is 21.8. The fourth-order valence-corrected chi connectivity index (χ4v) is 6.59. The highest BCUT2D eigenvalue weighted by Crippen LogP contribution is 2.43. The summed E-state index contributed by atoms with van der Waals surface area (Å²) in [6.45, 7) is 4.59. The Bertz CT molecular complexity index is 1010. The lowest BCUT2D eigenvalue weighted by Gasteiger charge is -2.19. The van der Waals surface area contributed by atoms with Crippen LogP contribution in [0.2, 0.25) is 0 Å². The number of allylic oxidation sites excluding steroid dienone is 9. The Balaban J connectivity index is 4.11. The van der Waals surface area contributed by atoms with Gasteiger partial charge in [-0.1, -0.05) is 190 Å². The summed E-state index contributed by atoms with van der Waals surface area (Å²) >= 11 is 0. The Labute approximate surface area is 332 Å². The smallest absolute Gasteiger partial charge is 0.457 e. The molecule has 0 aliphatic carbocycles. The lowest BCUT2D eigenvalue weighted by molar-refractivity contribution is -0.154. The van der Waals surface area contributed by atoms with Crippen molar-refractivity contribution in [2.75, 3.05) is 33.0 Å². The molecule has 3 N–H and O–H groups in total. The Morgan fingerprint density at radius 2 is 1.00 bits per heavy atom. The lowest BCUT2D eigenvalue weighted by atomic mass is 10.0. The van der Waals surface area contributed by atoms with E-state index in [-0.39, 0.29) is 32.3 Å². The van der Waals surface area contributed by atoms with E-state index >= 15 is 0 Å². The number of nitrogens with two attached hydrogens (primary N) is 1. The molecular formula is C45H82NO7P. The summed E-state index contributed by atoms with van der Waals surface area (Å²) in [4.78, 5) is 22.5. The first-order chi connectivity index (χ1) is 26.4. The molecule has 54 heavy (non-hydrogen) atoms. The topological polar surface area (TPSA) is 117 Å². The van der Waals surface area contributed by atoms with Crippen LogP contribution in [0.15, 0.2) is 60.8 Å². The van der Waals surface area contributed by atoms with Crippen molar-refractivity contribution in [3.05, 3.63) is 60.8 Å². The average Bonchev–Trinajstić information content (AvgIpc) is 3.16. The molecule has 2 atom stereocenters. The number of hydrogen-bond donors (Lipinski definition) is 2. The molecule has 0 aromatic carbocycles. The summed E-state index contributed by atoms with van der Waals surface area (Å²) < 4.78 is 33.3. The largest absolute Gasteiger partial charge is 0.472 e. The van der Waals surface area contributed by atoms with Crippen LogP contribution in [0.25, 0.3) is 0 Å². The molecule has 0 heterocycles. The maximum Gasteiger partial charge on any atom is 0.472 e. The van der Waals surface area contributed by atoms with E-state index < -0.39 is 13.9 Å². The SMILES string of the molecule is CC/C=C\C/C=C\C/C=C\C/C=C\C/C=C\CCOCC(COP(=O)(O)OCCN)OC(=O)CCCCCCCCCCCCCCCCCCCCC. The van der Waals surface area contributed by atoms with Crippen LogP contribution >= 0.6 is 7.82 Å². The molecule has 8 nitrogen and oxygen atoms in total. The van der Waals surface area contributed by atoms with Crippen molar-refractivity contribution in [2.45, 2.75) is 187 Å². The highest BCUT2D eigenvalue weighted by molar-refractivity contribution is 7.47. The molecule has 0 fully saturated rings. The van der Waals surface area contributed by atoms with Gasteiger partial charge in [0.1, 0.15) is 6.10 Å². The Hall–Kier alpha value is -1.80. The maximum absolute atomic E-state index is 12.6. The number of rotatable bonds is 41. The predicted molar refractivity (Wildman–Crippen MR) is 229 cm³/mol. The van der Waals surface area contributed by atoms with Crippen molar-refractivity contribution in [1.82, 2.24) is 0 Å². The van der Waals surface area contributed by atoms with Gasteiger partial charge in [-0.25, -0.2) is 4.57 Å². The number of carbonyl (C=O) groups is 1. The van der Waals surface area contributed by atoms with E-state index in [4.69, 9.17) is 24.3 Å². The molecule has 0 aliphatic rings. The summed E-state index contributed by atoms with van der Waals surface area (Å²) in [5.41, 5.74) is 5.36. The van der Waals surface area contributed by atoms with Gasteiger partial charge in [-0.2, -0.15) is 0 Å². The van der Waals surface area contributed by atoms with Crippen LogP contribution < -0.4 is 5.73 Å². The number of ether oxygens (including phenoxy) is 2. The van der Waals surface area contributed by atoms with Gasteiger partial charge >= 0.3 is 13.8 Å². The van der Waals surface area contributed by atoms with E-state index in [1.165, 1.54) is 103 Å². The van der Waals surface area contributed by atoms with Gasteiger partial charge in [-0.05, 0) is 44.9 Å². The molecule has 9 heteroatoms. The molecular weight excluding hydrogens is 697 g/mol. The predicted octanol–water partition coefficient (Wildman–Crippen LogP) is 13.0. The van der Waals surface area contributed by atoms with Crippen LogP contribution in [0, 0.1) is 0 Å². The van der Waals surface area contributed by atoms with Gasteiger partial charge < -0.3 is 20.1 Å². The van der Waals surface area contributed by atoms with Crippen molar-refractivity contribution in [3.63, 3.8) is 0 Å². The highest BCUT2D eigenvalue weighted by atomic mass is 31.2. The minimum atomic E-state index is -4.30. The molecule has 0 saturated carbocycles. The second-order valence-corrected chi connectivity index (χ2v) is 15.6. The quantitative estimate of drug-likeness (QED) is 0.0273. The third kappa shape index (κ3) is 41.4. The fraction of sp³-hybridized carbons (Fsp3) is 0.756. The van der Waals surface area contributed by atoms with Gasteiger partial charge in [0, 0.05) is 13.0 Å². The Morgan fingerprint density at radius 1 is 0.574 bits per heavy atom. The first kappa shape index (κ1) is 52.2. The highest BCUT2D eigenvalue weighted by Gasteiger charge is 2.25. The number of carbonyl (C=O) groups excluding carboxylic acids is 1. The third-order valence-electron chi connectivity index (χ3n) is 8.97. The van der Waals surface area contributed by atoms with Crippen molar-refractivity contribution in [1.29, 1.82) is 0 Å². The minimum Gasteiger partial charge on any atom is -0.457 e. The zero-order valence-electron chi connectivity index (χ0n) is 34.7. The average molecular weight is 780 g/mol. The van der Waals surface area contributed by atoms with E-state index in [1.807, 2.05) is 0 Å². The standard InChI is InChI=1S/C45H82NO7P/c1-3-5-7-9-11-13-15-17-19-21-22-23-24-26-28-30-32-34-36-38-45(47)53-44(43-52-54(48,49)51-41-39-46)42-50-40-37-35-33-31-29-27-25-20-18-16-14-12-10-8-6-4-2/h6,8,12,14,18,20,27,29,33,35,44H,3-5,7,9-11,13,15-17,19,21-26,28,30-32,34,36-43,46H2,1-2H3,(H,48,49)/b8-6-,14-12-,20-18-,29-27-,35-33-. The molecule has 314 valence electrons. The molecule has 0 spiro atoms. The fourth-order valence-electron chi connectivity index (χ4n) is 5.83. The third-order valence-corrected chi connectivity index (χ3v) is 9.95. The van der Waals surface area contributed by atoms with E-state index in [9.17, 15) is 14.3 Å². The number of esters is 1. The summed E-state index contributed by atoms with van der Waals surface area (Å²) in [6.07, 6.45) is 51.2. The summed E-state index contributed by atoms with van der Waals surface area (Å²) in [7, 11) is -4.30. The van der Waals surface area contributed by atoms with E-state index in [0.29, 0.717) is 19.4 Å². The zero-order valence-corrected chi connectivity index (χ0v) is 35.6. The molecule has 0 bridgehead atoms. The minimum absolute atomic E-state index is 0.0620. The van der Waals surface area contributed by atoms with Crippen molar-refractivity contribution in [2.24, 2.45) is 5.73 Å². The van der Waals surface area contributed by atoms with Crippen LogP contribution in [-0.4, -0.2) is 49.9 Å². The zero-order chi connectivity index (χ0) is 39.5. The van der Waals surface area contributed by atoms with Crippen molar-refractivity contribution >= 4 is 13.8 Å². The second kappa shape index (κ2) is 42.3. The van der Waals surface area contributed by atoms with Crippen LogP contribution in [0.4, 0.5) is 0 Å². The summed E-state index contributed by atoms with van der Waals surface area (Å²) in [5, 5.41) is 0. The molecule has 0 aliphatic heterocycles. The van der Waals surface area contributed by atoms with Crippen LogP contribution in [0.3, 0.4) is 0 Å². The molecule has 0 aromatic heterocycles. The molecule has 0 saturated heterocycles. The van der Waals surface area contributed by atoms with Crippen LogP contribution in [0.5, 0.6) is 0 Å². The number of unbranched alkanes of at least 4 members (excludes halogenated alkanes) is 18. The van der Waals surface area contributed by atoms with Gasteiger partial charge in [0.05, 0.1) is 26.4 Å². The first-order valence-corrected chi connectivity index (χ1v) is 23.3. The molecule has 0 radical (unpaired) electrons. The monoisotopic (exact) mass is 780 g/mol. The molecule has 0 amide bonds. The lowest BCUT2D eigenvalue weighted by Crippen LogP contribution is -2.28. The molecule has 0 rings (SSSR count). The van der Waals surface area contributed by atoms with E-state index in [0.717, 1.165) is 51.4 Å². The van der Waals surface area contributed by atoms with Crippen molar-refractivity contribution in [3.8, 4) is 0 Å². The van der Waals surface area contributed by atoms with Crippen molar-refractivity contribution < 1.29 is 32.8 Å². The normalized spacial score (nSPS) is 14.1. The Kier molecular flexibility index (Phi) is 40.9. The summed E-state index contributed by atoms with van der Waals surface area (Å²) in [6, 6.07) is 0. The molecule has 0 aromatic rings.